The molecule has 0 atom stereocenters. The molecular weight excluding hydrogens is 460 g/mol. The maximum Gasteiger partial charge on any atom is 0.255 e. The van der Waals surface area contributed by atoms with Crippen LogP contribution in [0.2, 0.25) is 0 Å². The first-order valence-corrected chi connectivity index (χ1v) is 12.7. The van der Waals surface area contributed by atoms with Gasteiger partial charge in [0.15, 0.2) is 0 Å². The molecule has 1 aliphatic rings. The van der Waals surface area contributed by atoms with E-state index in [1.165, 1.54) is 5.56 Å². The number of aryl methyl sites for hydroxylation is 1. The SMILES string of the molecule is Cc1cccc(C(=O)N2CCc3oc(-c4ccc(NC(=O)c5ccc(C(C)(C)C)cc5)cc4)cc3C2)c1. The van der Waals surface area contributed by atoms with Crippen LogP contribution in [-0.2, 0) is 18.4 Å². The second-order valence-corrected chi connectivity index (χ2v) is 10.8. The fraction of sp³-hybridized carbons (Fsp3) is 0.250. The van der Waals surface area contributed by atoms with E-state index in [1.807, 2.05) is 90.7 Å². The summed E-state index contributed by atoms with van der Waals surface area (Å²) in [5, 5.41) is 2.97. The van der Waals surface area contributed by atoms with Crippen molar-refractivity contribution in [2.75, 3.05) is 11.9 Å². The van der Waals surface area contributed by atoms with Crippen molar-refractivity contribution in [3.63, 3.8) is 0 Å². The van der Waals surface area contributed by atoms with E-state index in [4.69, 9.17) is 4.42 Å². The first-order chi connectivity index (χ1) is 17.7. The molecule has 0 bridgehead atoms. The fourth-order valence-electron chi connectivity index (χ4n) is 4.65. The molecule has 188 valence electrons. The third kappa shape index (κ3) is 5.36. The molecule has 0 unspecified atom stereocenters. The number of fused-ring (bicyclic) bond motifs is 1. The van der Waals surface area contributed by atoms with Crippen LogP contribution < -0.4 is 5.32 Å². The summed E-state index contributed by atoms with van der Waals surface area (Å²) in [6.07, 6.45) is 0.690. The Labute approximate surface area is 218 Å². The van der Waals surface area contributed by atoms with Gasteiger partial charge in [-0.3, -0.25) is 9.59 Å². The predicted molar refractivity (Wildman–Crippen MR) is 147 cm³/mol. The van der Waals surface area contributed by atoms with Gasteiger partial charge in [0.2, 0.25) is 0 Å². The van der Waals surface area contributed by atoms with Crippen molar-refractivity contribution in [3.05, 3.63) is 112 Å². The minimum Gasteiger partial charge on any atom is -0.461 e. The molecule has 5 rings (SSSR count). The van der Waals surface area contributed by atoms with Crippen LogP contribution in [0.25, 0.3) is 11.3 Å². The monoisotopic (exact) mass is 492 g/mol. The van der Waals surface area contributed by atoms with Gasteiger partial charge < -0.3 is 14.6 Å². The Balaban J connectivity index is 1.25. The third-order valence-corrected chi connectivity index (χ3v) is 6.86. The third-order valence-electron chi connectivity index (χ3n) is 6.86. The van der Waals surface area contributed by atoms with Gasteiger partial charge >= 0.3 is 0 Å². The second kappa shape index (κ2) is 9.74. The maximum atomic E-state index is 13.0. The first kappa shape index (κ1) is 24.6. The minimum atomic E-state index is -0.139. The van der Waals surface area contributed by atoms with E-state index in [0.29, 0.717) is 25.1 Å². The molecule has 0 spiro atoms. The van der Waals surface area contributed by atoms with Crippen LogP contribution >= 0.6 is 0 Å². The van der Waals surface area contributed by atoms with Gasteiger partial charge in [-0.15, -0.1) is 0 Å². The van der Waals surface area contributed by atoms with E-state index in [0.717, 1.165) is 39.5 Å². The van der Waals surface area contributed by atoms with Crippen molar-refractivity contribution >= 4 is 17.5 Å². The summed E-state index contributed by atoms with van der Waals surface area (Å²) >= 11 is 0. The molecule has 0 aliphatic carbocycles. The Morgan fingerprint density at radius 1 is 0.892 bits per heavy atom. The highest BCUT2D eigenvalue weighted by Gasteiger charge is 2.25. The van der Waals surface area contributed by atoms with Crippen LogP contribution in [0.5, 0.6) is 0 Å². The number of furan rings is 1. The lowest BCUT2D eigenvalue weighted by Crippen LogP contribution is -2.35. The number of hydrogen-bond acceptors (Lipinski definition) is 3. The molecule has 0 fully saturated rings. The molecule has 37 heavy (non-hydrogen) atoms. The average Bonchev–Trinajstić information content (AvgIpc) is 3.32. The molecule has 3 aromatic carbocycles. The molecule has 5 heteroatoms. The summed E-state index contributed by atoms with van der Waals surface area (Å²) in [5.74, 6) is 1.61. The van der Waals surface area contributed by atoms with E-state index in [-0.39, 0.29) is 17.2 Å². The Morgan fingerprint density at radius 3 is 2.30 bits per heavy atom. The first-order valence-electron chi connectivity index (χ1n) is 12.7. The standard InChI is InChI=1S/C32H32N2O3/c1-21-6-5-7-24(18-21)31(36)34-17-16-28-25(20-34)19-29(37-28)22-10-14-27(15-11-22)33-30(35)23-8-12-26(13-9-23)32(2,3)4/h5-15,18-19H,16-17,20H2,1-4H3,(H,33,35). The van der Waals surface area contributed by atoms with Crippen LogP contribution in [0.15, 0.2) is 83.3 Å². The molecule has 2 heterocycles. The highest BCUT2D eigenvalue weighted by molar-refractivity contribution is 6.04. The molecule has 0 saturated carbocycles. The molecular formula is C32H32N2O3. The number of rotatable bonds is 4. The summed E-state index contributed by atoms with van der Waals surface area (Å²) < 4.78 is 6.15. The number of hydrogen-bond donors (Lipinski definition) is 1. The molecule has 1 aliphatic heterocycles. The van der Waals surface area contributed by atoms with Crippen LogP contribution in [0.3, 0.4) is 0 Å². The lowest BCUT2D eigenvalue weighted by atomic mass is 9.87. The quantitative estimate of drug-likeness (QED) is 0.333. The number of amides is 2. The maximum absolute atomic E-state index is 13.0. The van der Waals surface area contributed by atoms with Gasteiger partial charge in [0.25, 0.3) is 11.8 Å². The molecule has 5 nitrogen and oxygen atoms in total. The van der Waals surface area contributed by atoms with Gasteiger partial charge in [0.05, 0.1) is 0 Å². The van der Waals surface area contributed by atoms with Crippen LogP contribution in [0, 0.1) is 6.92 Å². The van der Waals surface area contributed by atoms with Crippen molar-refractivity contribution in [1.82, 2.24) is 4.90 Å². The zero-order chi connectivity index (χ0) is 26.2. The van der Waals surface area contributed by atoms with Crippen LogP contribution in [-0.4, -0.2) is 23.3 Å². The van der Waals surface area contributed by atoms with E-state index < -0.39 is 0 Å². The topological polar surface area (TPSA) is 62.6 Å². The molecule has 2 amide bonds. The Kier molecular flexibility index (Phi) is 6.46. The van der Waals surface area contributed by atoms with Crippen LogP contribution in [0.1, 0.15) is 63.9 Å². The molecule has 1 N–H and O–H groups in total. The number of carbonyl (C=O) groups excluding carboxylic acids is 2. The van der Waals surface area contributed by atoms with Gasteiger partial charge in [-0.25, -0.2) is 0 Å². The number of nitrogens with one attached hydrogen (secondary N) is 1. The lowest BCUT2D eigenvalue weighted by molar-refractivity contribution is 0.0729. The minimum absolute atomic E-state index is 0.0464. The average molecular weight is 493 g/mol. The fourth-order valence-corrected chi connectivity index (χ4v) is 4.65. The highest BCUT2D eigenvalue weighted by Crippen LogP contribution is 2.31. The van der Waals surface area contributed by atoms with Gasteiger partial charge in [-0.05, 0) is 72.5 Å². The lowest BCUT2D eigenvalue weighted by Gasteiger charge is -2.26. The normalized spacial score (nSPS) is 13.2. The Hall–Kier alpha value is -4.12. The summed E-state index contributed by atoms with van der Waals surface area (Å²) in [6.45, 7) is 9.62. The highest BCUT2D eigenvalue weighted by atomic mass is 16.3. The zero-order valence-corrected chi connectivity index (χ0v) is 21.8. The largest absolute Gasteiger partial charge is 0.461 e. The number of nitrogens with zero attached hydrogens (tertiary/aromatic N) is 1. The van der Waals surface area contributed by atoms with Gasteiger partial charge in [-0.1, -0.05) is 50.6 Å². The van der Waals surface area contributed by atoms with Gasteiger partial charge in [0, 0.05) is 47.5 Å². The predicted octanol–water partition coefficient (Wildman–Crippen LogP) is 7.00. The zero-order valence-electron chi connectivity index (χ0n) is 21.8. The summed E-state index contributed by atoms with van der Waals surface area (Å²) in [6, 6.07) is 25.1. The van der Waals surface area contributed by atoms with Gasteiger partial charge in [0.1, 0.15) is 11.5 Å². The van der Waals surface area contributed by atoms with Crippen molar-refractivity contribution in [1.29, 1.82) is 0 Å². The number of anilines is 1. The van der Waals surface area contributed by atoms with Crippen molar-refractivity contribution in [2.45, 2.75) is 46.1 Å². The van der Waals surface area contributed by atoms with E-state index in [1.54, 1.807) is 0 Å². The second-order valence-electron chi connectivity index (χ2n) is 10.8. The summed E-state index contributed by atoms with van der Waals surface area (Å²) in [4.78, 5) is 27.6. The molecule has 4 aromatic rings. The Morgan fingerprint density at radius 2 is 1.62 bits per heavy atom. The summed E-state index contributed by atoms with van der Waals surface area (Å²) in [7, 11) is 0. The Bertz CT molecular complexity index is 1440. The number of carbonyl (C=O) groups is 2. The van der Waals surface area contributed by atoms with Crippen molar-refractivity contribution in [3.8, 4) is 11.3 Å². The van der Waals surface area contributed by atoms with E-state index >= 15 is 0 Å². The van der Waals surface area contributed by atoms with Gasteiger partial charge in [-0.2, -0.15) is 0 Å². The van der Waals surface area contributed by atoms with Crippen molar-refractivity contribution in [2.24, 2.45) is 0 Å². The smallest absolute Gasteiger partial charge is 0.255 e. The summed E-state index contributed by atoms with van der Waals surface area (Å²) in [5.41, 5.74) is 6.35. The van der Waals surface area contributed by atoms with Crippen LogP contribution in [0.4, 0.5) is 5.69 Å². The van der Waals surface area contributed by atoms with E-state index in [2.05, 4.69) is 26.1 Å². The molecule has 0 saturated heterocycles. The van der Waals surface area contributed by atoms with E-state index in [9.17, 15) is 9.59 Å². The number of benzene rings is 3. The molecule has 1 aromatic heterocycles. The van der Waals surface area contributed by atoms with Crippen molar-refractivity contribution < 1.29 is 14.0 Å². The molecule has 0 radical (unpaired) electrons.